The number of aromatic nitrogens is 3. The number of aryl methyl sites for hydroxylation is 2. The third-order valence-electron chi connectivity index (χ3n) is 5.47. The Morgan fingerprint density at radius 1 is 1.04 bits per heavy atom. The van der Waals surface area contributed by atoms with Crippen LogP contribution in [0.1, 0.15) is 39.0 Å². The predicted octanol–water partition coefficient (Wildman–Crippen LogP) is 4.26. The lowest BCUT2D eigenvalue weighted by molar-refractivity contribution is 0.205. The van der Waals surface area contributed by atoms with Crippen LogP contribution in [-0.4, -0.2) is 31.1 Å². The summed E-state index contributed by atoms with van der Waals surface area (Å²) in [7, 11) is 0. The van der Waals surface area contributed by atoms with Crippen LogP contribution < -0.4 is 0 Å². The lowest BCUT2D eigenvalue weighted by Gasteiger charge is -2.35. The third-order valence-corrected chi connectivity index (χ3v) is 6.54. The van der Waals surface area contributed by atoms with E-state index in [1.54, 1.807) is 4.52 Å². The molecule has 5 nitrogen and oxygen atoms in total. The SMILES string of the molecule is Cc1ccc(C(c2sc3nc(C)nn3c2O)N2CCc3ccccc3C2)cc1. The van der Waals surface area contributed by atoms with Gasteiger partial charge in [-0.2, -0.15) is 4.52 Å². The number of thiazole rings is 1. The summed E-state index contributed by atoms with van der Waals surface area (Å²) in [5.74, 6) is 0.872. The molecule has 142 valence electrons. The minimum absolute atomic E-state index is 0.0252. The summed E-state index contributed by atoms with van der Waals surface area (Å²) < 4.78 is 1.56. The molecule has 28 heavy (non-hydrogen) atoms. The Kier molecular flexibility index (Phi) is 4.18. The number of nitrogens with zero attached hydrogens (tertiary/aromatic N) is 4. The van der Waals surface area contributed by atoms with Crippen molar-refractivity contribution in [2.45, 2.75) is 32.9 Å². The van der Waals surface area contributed by atoms with Crippen LogP contribution in [-0.2, 0) is 13.0 Å². The quantitative estimate of drug-likeness (QED) is 0.568. The molecule has 1 aliphatic rings. The second kappa shape index (κ2) is 6.72. The summed E-state index contributed by atoms with van der Waals surface area (Å²) in [4.78, 5) is 8.54. The Balaban J connectivity index is 1.62. The van der Waals surface area contributed by atoms with Crippen molar-refractivity contribution < 1.29 is 5.11 Å². The van der Waals surface area contributed by atoms with Crippen molar-refractivity contribution in [3.05, 3.63) is 81.5 Å². The normalized spacial score (nSPS) is 15.6. The van der Waals surface area contributed by atoms with Crippen LogP contribution in [0.5, 0.6) is 5.88 Å². The van der Waals surface area contributed by atoms with E-state index >= 15 is 0 Å². The fourth-order valence-electron chi connectivity index (χ4n) is 4.04. The summed E-state index contributed by atoms with van der Waals surface area (Å²) in [6, 6.07) is 17.2. The lowest BCUT2D eigenvalue weighted by atomic mass is 9.95. The summed E-state index contributed by atoms with van der Waals surface area (Å²) in [5.41, 5.74) is 5.19. The van der Waals surface area contributed by atoms with E-state index in [1.807, 2.05) is 6.92 Å². The minimum Gasteiger partial charge on any atom is -0.492 e. The van der Waals surface area contributed by atoms with Gasteiger partial charge in [0.15, 0.2) is 0 Å². The molecule has 0 amide bonds. The molecule has 6 heteroatoms. The van der Waals surface area contributed by atoms with Crippen molar-refractivity contribution in [1.82, 2.24) is 19.5 Å². The summed E-state index contributed by atoms with van der Waals surface area (Å²) in [5, 5.41) is 15.3. The van der Waals surface area contributed by atoms with Gasteiger partial charge < -0.3 is 5.11 Å². The van der Waals surface area contributed by atoms with Gasteiger partial charge in [-0.25, -0.2) is 4.98 Å². The lowest BCUT2D eigenvalue weighted by Crippen LogP contribution is -2.34. The van der Waals surface area contributed by atoms with Gasteiger partial charge in [0.2, 0.25) is 10.8 Å². The van der Waals surface area contributed by atoms with E-state index in [9.17, 15) is 5.11 Å². The molecule has 0 bridgehead atoms. The van der Waals surface area contributed by atoms with Crippen LogP contribution in [0.25, 0.3) is 4.96 Å². The second-order valence-corrected chi connectivity index (χ2v) is 8.45. The van der Waals surface area contributed by atoms with Crippen LogP contribution in [0, 0.1) is 13.8 Å². The van der Waals surface area contributed by atoms with E-state index in [-0.39, 0.29) is 11.9 Å². The maximum atomic E-state index is 11.0. The number of fused-ring (bicyclic) bond motifs is 2. The molecule has 0 saturated carbocycles. The van der Waals surface area contributed by atoms with Gasteiger partial charge >= 0.3 is 0 Å². The van der Waals surface area contributed by atoms with E-state index in [2.05, 4.69) is 70.4 Å². The van der Waals surface area contributed by atoms with Crippen molar-refractivity contribution in [3.8, 4) is 5.88 Å². The smallest absolute Gasteiger partial charge is 0.230 e. The Morgan fingerprint density at radius 3 is 2.54 bits per heavy atom. The molecule has 0 aliphatic carbocycles. The van der Waals surface area contributed by atoms with Crippen LogP contribution in [0.3, 0.4) is 0 Å². The van der Waals surface area contributed by atoms with Crippen LogP contribution in [0.15, 0.2) is 48.5 Å². The Morgan fingerprint density at radius 2 is 1.79 bits per heavy atom. The minimum atomic E-state index is -0.0252. The zero-order valence-electron chi connectivity index (χ0n) is 16.0. The van der Waals surface area contributed by atoms with Crippen molar-refractivity contribution >= 4 is 16.3 Å². The monoisotopic (exact) mass is 390 g/mol. The van der Waals surface area contributed by atoms with Gasteiger partial charge in [0, 0.05) is 13.1 Å². The third kappa shape index (κ3) is 2.89. The van der Waals surface area contributed by atoms with Gasteiger partial charge in [0.05, 0.1) is 10.9 Å². The van der Waals surface area contributed by atoms with Crippen molar-refractivity contribution in [2.24, 2.45) is 0 Å². The van der Waals surface area contributed by atoms with E-state index in [4.69, 9.17) is 0 Å². The molecule has 4 aromatic rings. The molecule has 2 aromatic carbocycles. The molecule has 1 N–H and O–H groups in total. The number of rotatable bonds is 3. The Labute approximate surface area is 167 Å². The van der Waals surface area contributed by atoms with Crippen molar-refractivity contribution in [2.75, 3.05) is 6.54 Å². The highest BCUT2D eigenvalue weighted by Crippen LogP contribution is 2.41. The molecule has 1 atom stereocenters. The summed E-state index contributed by atoms with van der Waals surface area (Å²) in [6.07, 6.45) is 1.01. The van der Waals surface area contributed by atoms with Crippen LogP contribution in [0.4, 0.5) is 0 Å². The van der Waals surface area contributed by atoms with Gasteiger partial charge in [-0.1, -0.05) is 65.4 Å². The zero-order chi connectivity index (χ0) is 19.3. The molecule has 0 fully saturated rings. The average molecular weight is 391 g/mol. The number of benzene rings is 2. The molecule has 5 rings (SSSR count). The largest absolute Gasteiger partial charge is 0.492 e. The number of aromatic hydroxyl groups is 1. The maximum Gasteiger partial charge on any atom is 0.230 e. The van der Waals surface area contributed by atoms with Crippen LogP contribution >= 0.6 is 11.3 Å². The average Bonchev–Trinajstić information content (AvgIpc) is 3.21. The molecular formula is C22H22N4OS. The molecule has 3 heterocycles. The van der Waals surface area contributed by atoms with E-state index in [1.165, 1.54) is 33.6 Å². The van der Waals surface area contributed by atoms with E-state index in [0.29, 0.717) is 5.82 Å². The fraction of sp³-hybridized carbons (Fsp3) is 0.273. The van der Waals surface area contributed by atoms with Crippen molar-refractivity contribution in [1.29, 1.82) is 0 Å². The molecular weight excluding hydrogens is 368 g/mol. The first-order valence-electron chi connectivity index (χ1n) is 9.52. The standard InChI is InChI=1S/C22H22N4OS/c1-14-7-9-17(10-8-14)19(20-21(27)26-22(28-20)23-15(2)24-26)25-12-11-16-5-3-4-6-18(16)13-25/h3-10,19,27H,11-13H2,1-2H3. The predicted molar refractivity (Wildman–Crippen MR) is 111 cm³/mol. The Hall–Kier alpha value is -2.70. The van der Waals surface area contributed by atoms with Gasteiger partial charge in [-0.3, -0.25) is 4.90 Å². The highest BCUT2D eigenvalue weighted by Gasteiger charge is 2.31. The fourth-order valence-corrected chi connectivity index (χ4v) is 5.20. The Bertz CT molecular complexity index is 1150. The maximum absolute atomic E-state index is 11.0. The number of hydrogen-bond donors (Lipinski definition) is 1. The highest BCUT2D eigenvalue weighted by atomic mass is 32.1. The van der Waals surface area contributed by atoms with E-state index in [0.717, 1.165) is 29.3 Å². The molecule has 1 aliphatic heterocycles. The number of hydrogen-bond acceptors (Lipinski definition) is 5. The first kappa shape index (κ1) is 17.4. The summed E-state index contributed by atoms with van der Waals surface area (Å²) in [6.45, 7) is 5.75. The van der Waals surface area contributed by atoms with Crippen LogP contribution in [0.2, 0.25) is 0 Å². The molecule has 0 saturated heterocycles. The topological polar surface area (TPSA) is 53.7 Å². The first-order valence-corrected chi connectivity index (χ1v) is 10.3. The molecule has 0 radical (unpaired) electrons. The van der Waals surface area contributed by atoms with Gasteiger partial charge in [-0.15, -0.1) is 5.10 Å². The van der Waals surface area contributed by atoms with E-state index < -0.39 is 0 Å². The van der Waals surface area contributed by atoms with Gasteiger partial charge in [-0.05, 0) is 37.0 Å². The second-order valence-electron chi connectivity index (χ2n) is 7.45. The highest BCUT2D eigenvalue weighted by molar-refractivity contribution is 7.17. The summed E-state index contributed by atoms with van der Waals surface area (Å²) >= 11 is 1.52. The molecule has 0 spiro atoms. The van der Waals surface area contributed by atoms with Crippen molar-refractivity contribution in [3.63, 3.8) is 0 Å². The first-order chi connectivity index (χ1) is 13.6. The van der Waals surface area contributed by atoms with Gasteiger partial charge in [0.1, 0.15) is 5.82 Å². The molecule has 2 aromatic heterocycles. The zero-order valence-corrected chi connectivity index (χ0v) is 16.8. The van der Waals surface area contributed by atoms with Gasteiger partial charge in [0.25, 0.3) is 0 Å². The molecule has 1 unspecified atom stereocenters.